The first-order valence-electron chi connectivity index (χ1n) is 7.97. The van der Waals surface area contributed by atoms with Gasteiger partial charge >= 0.3 is 0 Å². The third kappa shape index (κ3) is 4.59. The molecular formula is C22H17ClO2. The van der Waals surface area contributed by atoms with Crippen LogP contribution in [-0.2, 0) is 6.61 Å². The molecule has 124 valence electrons. The third-order valence-corrected chi connectivity index (χ3v) is 4.05. The van der Waals surface area contributed by atoms with Crippen molar-refractivity contribution in [3.8, 4) is 5.75 Å². The maximum atomic E-state index is 12.6. The molecule has 0 heterocycles. The molecule has 0 aliphatic heterocycles. The summed E-state index contributed by atoms with van der Waals surface area (Å²) in [6, 6.07) is 24.5. The molecule has 0 amide bonds. The van der Waals surface area contributed by atoms with Crippen LogP contribution in [0.1, 0.15) is 21.5 Å². The highest BCUT2D eigenvalue weighted by Crippen LogP contribution is 2.22. The summed E-state index contributed by atoms with van der Waals surface area (Å²) in [4.78, 5) is 12.6. The van der Waals surface area contributed by atoms with E-state index < -0.39 is 0 Å². The molecule has 0 atom stereocenters. The van der Waals surface area contributed by atoms with Crippen LogP contribution < -0.4 is 4.74 Å². The third-order valence-electron chi connectivity index (χ3n) is 3.71. The summed E-state index contributed by atoms with van der Waals surface area (Å²) >= 11 is 6.12. The Morgan fingerprint density at radius 2 is 1.56 bits per heavy atom. The lowest BCUT2D eigenvalue weighted by Crippen LogP contribution is -2.02. The zero-order valence-corrected chi connectivity index (χ0v) is 14.3. The number of benzene rings is 3. The Morgan fingerprint density at radius 1 is 0.880 bits per heavy atom. The van der Waals surface area contributed by atoms with E-state index >= 15 is 0 Å². The lowest BCUT2D eigenvalue weighted by molar-refractivity contribution is 0.104. The molecule has 25 heavy (non-hydrogen) atoms. The first kappa shape index (κ1) is 17.0. The molecule has 3 aromatic carbocycles. The van der Waals surface area contributed by atoms with Gasteiger partial charge in [0.1, 0.15) is 12.4 Å². The van der Waals surface area contributed by atoms with Gasteiger partial charge in [-0.05, 0) is 41.5 Å². The van der Waals surface area contributed by atoms with Gasteiger partial charge in [0, 0.05) is 5.02 Å². The molecule has 0 unspecified atom stereocenters. The van der Waals surface area contributed by atoms with E-state index in [-0.39, 0.29) is 5.78 Å². The Morgan fingerprint density at radius 3 is 2.36 bits per heavy atom. The van der Waals surface area contributed by atoms with Crippen LogP contribution in [0.3, 0.4) is 0 Å². The van der Waals surface area contributed by atoms with Crippen molar-refractivity contribution in [2.45, 2.75) is 6.61 Å². The predicted octanol–water partition coefficient (Wildman–Crippen LogP) is 5.82. The normalized spacial score (nSPS) is 10.8. The number of para-hydroxylation sites is 1. The van der Waals surface area contributed by atoms with E-state index in [1.54, 1.807) is 24.3 Å². The first-order valence-corrected chi connectivity index (χ1v) is 8.34. The molecule has 3 aromatic rings. The van der Waals surface area contributed by atoms with Crippen LogP contribution in [0.5, 0.6) is 5.75 Å². The van der Waals surface area contributed by atoms with Crippen molar-refractivity contribution in [3.63, 3.8) is 0 Å². The number of halogens is 1. The fourth-order valence-corrected chi connectivity index (χ4v) is 2.60. The fraction of sp³-hybridized carbons (Fsp3) is 0.0455. The topological polar surface area (TPSA) is 26.3 Å². The Kier molecular flexibility index (Phi) is 5.65. The number of ether oxygens (including phenoxy) is 1. The second-order valence-electron chi connectivity index (χ2n) is 5.49. The molecule has 0 radical (unpaired) electrons. The van der Waals surface area contributed by atoms with Gasteiger partial charge in [-0.1, -0.05) is 72.3 Å². The Balaban J connectivity index is 1.76. The average Bonchev–Trinajstić information content (AvgIpc) is 2.66. The van der Waals surface area contributed by atoms with Crippen molar-refractivity contribution in [1.82, 2.24) is 0 Å². The summed E-state index contributed by atoms with van der Waals surface area (Å²) in [6.45, 7) is 0.416. The van der Waals surface area contributed by atoms with Gasteiger partial charge in [0.15, 0.2) is 5.78 Å². The number of carbonyl (C=O) groups is 1. The minimum absolute atomic E-state index is 0.122. The van der Waals surface area contributed by atoms with Crippen molar-refractivity contribution >= 4 is 23.5 Å². The van der Waals surface area contributed by atoms with Crippen molar-refractivity contribution in [2.24, 2.45) is 0 Å². The van der Waals surface area contributed by atoms with Gasteiger partial charge in [-0.15, -0.1) is 0 Å². The number of allylic oxidation sites excluding steroid dienone is 1. The van der Waals surface area contributed by atoms with E-state index in [2.05, 4.69) is 0 Å². The number of carbonyl (C=O) groups excluding carboxylic acids is 1. The van der Waals surface area contributed by atoms with Crippen LogP contribution in [0, 0.1) is 0 Å². The first-order chi connectivity index (χ1) is 12.2. The molecule has 0 saturated carbocycles. The Labute approximate surface area is 152 Å². The van der Waals surface area contributed by atoms with Gasteiger partial charge in [-0.25, -0.2) is 0 Å². The molecule has 0 bridgehead atoms. The van der Waals surface area contributed by atoms with Crippen molar-refractivity contribution < 1.29 is 9.53 Å². The second kappa shape index (κ2) is 8.32. The maximum Gasteiger partial charge on any atom is 0.189 e. The molecule has 0 aliphatic rings. The van der Waals surface area contributed by atoms with Crippen LogP contribution in [-0.4, -0.2) is 5.78 Å². The SMILES string of the molecule is O=C(/C=C\c1ccccc1Cl)c1ccccc1OCc1ccccc1. The fourth-order valence-electron chi connectivity index (χ4n) is 2.40. The summed E-state index contributed by atoms with van der Waals surface area (Å²) in [6.07, 6.45) is 3.24. The molecular weight excluding hydrogens is 332 g/mol. The van der Waals surface area contributed by atoms with Gasteiger partial charge in [0.25, 0.3) is 0 Å². The highest BCUT2D eigenvalue weighted by molar-refractivity contribution is 6.32. The summed E-state index contributed by atoms with van der Waals surface area (Å²) in [7, 11) is 0. The molecule has 3 heteroatoms. The molecule has 0 aliphatic carbocycles. The summed E-state index contributed by atoms with van der Waals surface area (Å²) in [5.41, 5.74) is 2.39. The summed E-state index contributed by atoms with van der Waals surface area (Å²) < 4.78 is 5.84. The summed E-state index contributed by atoms with van der Waals surface area (Å²) in [5.74, 6) is 0.448. The molecule has 0 saturated heterocycles. The highest BCUT2D eigenvalue weighted by Gasteiger charge is 2.09. The Bertz CT molecular complexity index is 885. The number of hydrogen-bond donors (Lipinski definition) is 0. The van der Waals surface area contributed by atoms with Crippen molar-refractivity contribution in [1.29, 1.82) is 0 Å². The highest BCUT2D eigenvalue weighted by atomic mass is 35.5. The molecule has 0 aromatic heterocycles. The molecule has 0 spiro atoms. The van der Waals surface area contributed by atoms with E-state index in [1.165, 1.54) is 6.08 Å². The number of hydrogen-bond acceptors (Lipinski definition) is 2. The van der Waals surface area contributed by atoms with E-state index in [4.69, 9.17) is 16.3 Å². The average molecular weight is 349 g/mol. The largest absolute Gasteiger partial charge is 0.488 e. The maximum absolute atomic E-state index is 12.6. The van der Waals surface area contributed by atoms with Crippen LogP contribution in [0.4, 0.5) is 0 Å². The van der Waals surface area contributed by atoms with Crippen LogP contribution in [0.25, 0.3) is 6.08 Å². The number of rotatable bonds is 6. The van der Waals surface area contributed by atoms with E-state index in [1.807, 2.05) is 60.7 Å². The van der Waals surface area contributed by atoms with Gasteiger partial charge in [-0.3, -0.25) is 4.79 Å². The van der Waals surface area contributed by atoms with Gasteiger partial charge < -0.3 is 4.74 Å². The smallest absolute Gasteiger partial charge is 0.189 e. The van der Waals surface area contributed by atoms with Crippen LogP contribution in [0.15, 0.2) is 84.9 Å². The number of ketones is 1. The minimum atomic E-state index is -0.122. The monoisotopic (exact) mass is 348 g/mol. The van der Waals surface area contributed by atoms with Crippen molar-refractivity contribution in [2.75, 3.05) is 0 Å². The lowest BCUT2D eigenvalue weighted by Gasteiger charge is -2.09. The quantitative estimate of drug-likeness (QED) is 0.414. The van der Waals surface area contributed by atoms with Crippen LogP contribution >= 0.6 is 11.6 Å². The summed E-state index contributed by atoms with van der Waals surface area (Å²) in [5, 5.41) is 0.611. The van der Waals surface area contributed by atoms with Gasteiger partial charge in [0.2, 0.25) is 0 Å². The predicted molar refractivity (Wildman–Crippen MR) is 102 cm³/mol. The van der Waals surface area contributed by atoms with E-state index in [9.17, 15) is 4.79 Å². The van der Waals surface area contributed by atoms with Crippen LogP contribution in [0.2, 0.25) is 5.02 Å². The zero-order chi connectivity index (χ0) is 17.5. The molecule has 3 rings (SSSR count). The minimum Gasteiger partial charge on any atom is -0.488 e. The molecule has 0 N–H and O–H groups in total. The standard InChI is InChI=1S/C22H17ClO2/c23-20-12-6-4-10-18(20)14-15-21(24)19-11-5-7-13-22(19)25-16-17-8-2-1-3-9-17/h1-15H,16H2/b15-14-. The van der Waals surface area contributed by atoms with E-state index in [0.717, 1.165) is 11.1 Å². The lowest BCUT2D eigenvalue weighted by atomic mass is 10.1. The van der Waals surface area contributed by atoms with Crippen molar-refractivity contribution in [3.05, 3.63) is 107 Å². The Hall–Kier alpha value is -2.84. The molecule has 2 nitrogen and oxygen atoms in total. The second-order valence-corrected chi connectivity index (χ2v) is 5.90. The van der Waals surface area contributed by atoms with E-state index in [0.29, 0.717) is 22.9 Å². The molecule has 0 fully saturated rings. The zero-order valence-electron chi connectivity index (χ0n) is 13.6. The van der Waals surface area contributed by atoms with Gasteiger partial charge in [-0.2, -0.15) is 0 Å². The van der Waals surface area contributed by atoms with Gasteiger partial charge in [0.05, 0.1) is 5.56 Å².